The summed E-state index contributed by atoms with van der Waals surface area (Å²) in [5.74, 6) is 2.47. The molecule has 1 aromatic carbocycles. The average molecular weight is 329 g/mol. The molecule has 0 spiro atoms. The summed E-state index contributed by atoms with van der Waals surface area (Å²) in [5.41, 5.74) is 11.0. The van der Waals surface area contributed by atoms with E-state index in [2.05, 4.69) is 71.9 Å². The van der Waals surface area contributed by atoms with Crippen molar-refractivity contribution in [2.75, 3.05) is 0 Å². The van der Waals surface area contributed by atoms with Gasteiger partial charge in [0.05, 0.1) is 0 Å². The Hall–Kier alpha value is -2.09. The molecule has 25 heavy (non-hydrogen) atoms. The average Bonchev–Trinajstić information content (AvgIpc) is 2.53. The summed E-state index contributed by atoms with van der Waals surface area (Å²) in [7, 11) is 3.97. The van der Waals surface area contributed by atoms with Crippen molar-refractivity contribution in [3.63, 3.8) is 0 Å². The Labute approximate surface area is 153 Å². The van der Waals surface area contributed by atoms with Crippen molar-refractivity contribution >= 4 is 19.2 Å². The predicted octanol–water partition coefficient (Wildman–Crippen LogP) is 4.60. The maximum absolute atomic E-state index is 4.24. The molecule has 1 unspecified atom stereocenters. The van der Waals surface area contributed by atoms with Crippen molar-refractivity contribution in [3.05, 3.63) is 76.0 Å². The third-order valence-corrected chi connectivity index (χ3v) is 6.05. The van der Waals surface area contributed by atoms with Gasteiger partial charge >= 0.3 is 153 Å². The summed E-state index contributed by atoms with van der Waals surface area (Å²) in [6.45, 7) is 19.6. The van der Waals surface area contributed by atoms with E-state index in [1.54, 1.807) is 0 Å². The number of hydrogen-bond acceptors (Lipinski definition) is 1. The van der Waals surface area contributed by atoms with Crippen LogP contribution in [0.1, 0.15) is 49.9 Å². The summed E-state index contributed by atoms with van der Waals surface area (Å²) in [5, 5.41) is 3.61. The van der Waals surface area contributed by atoms with Crippen LogP contribution >= 0.6 is 0 Å². The van der Waals surface area contributed by atoms with E-state index in [1.165, 1.54) is 33.5 Å². The standard InChI is InChI=1S/C23H28BN/c1-13(2)19-10-21-22(25-16(19)6)20-9-18(12-24)15(5)8-17(20)11-23(21,7)14(3)4/h8-10,12,14,24-25H,1,6,11H2,2-5,7H3. The number of rotatable bonds is 3. The Morgan fingerprint density at radius 2 is 2.04 bits per heavy atom. The zero-order valence-electron chi connectivity index (χ0n) is 16.2. The number of benzene rings is 1. The van der Waals surface area contributed by atoms with Crippen LogP contribution in [0.3, 0.4) is 0 Å². The number of aryl methyl sites for hydroxylation is 1. The Kier molecular flexibility index (Phi) is 4.27. The topological polar surface area (TPSA) is 12.0 Å². The van der Waals surface area contributed by atoms with Crippen molar-refractivity contribution in [1.29, 1.82) is 0 Å². The Morgan fingerprint density at radius 1 is 1.36 bits per heavy atom. The molecule has 1 aliphatic carbocycles. The molecule has 0 bridgehead atoms. The minimum atomic E-state index is 0.0822. The van der Waals surface area contributed by atoms with E-state index in [0.29, 0.717) is 5.92 Å². The third kappa shape index (κ3) is 2.68. The molecule has 0 aromatic heterocycles. The van der Waals surface area contributed by atoms with Crippen molar-refractivity contribution in [2.45, 2.75) is 41.0 Å². The monoisotopic (exact) mass is 329 g/mol. The number of hydrogen-bond donors (Lipinski definition) is 1. The first kappa shape index (κ1) is 17.7. The molecule has 3 rings (SSSR count). The summed E-state index contributed by atoms with van der Waals surface area (Å²) in [4.78, 5) is 0. The second-order valence-electron chi connectivity index (χ2n) is 8.05. The molecule has 0 amide bonds. The van der Waals surface area contributed by atoms with Crippen LogP contribution in [0.15, 0.2) is 53.8 Å². The maximum atomic E-state index is 4.24. The Bertz CT molecular complexity index is 866. The van der Waals surface area contributed by atoms with Crippen LogP contribution < -0.4 is 5.32 Å². The van der Waals surface area contributed by atoms with Crippen LogP contribution in [0.5, 0.6) is 0 Å². The normalized spacial score (nSPS) is 22.1. The molecule has 1 aliphatic heterocycles. The fourth-order valence-electron chi connectivity index (χ4n) is 4.02. The van der Waals surface area contributed by atoms with E-state index >= 15 is 0 Å². The minimum absolute atomic E-state index is 0.0822. The van der Waals surface area contributed by atoms with Crippen LogP contribution in [-0.4, -0.2) is 13.5 Å². The van der Waals surface area contributed by atoms with Gasteiger partial charge < -0.3 is 0 Å². The number of dihydropyridines is 1. The van der Waals surface area contributed by atoms with Gasteiger partial charge in [-0.1, -0.05) is 0 Å². The second-order valence-corrected chi connectivity index (χ2v) is 8.05. The molecule has 2 aliphatic rings. The van der Waals surface area contributed by atoms with Gasteiger partial charge in [-0.3, -0.25) is 0 Å². The summed E-state index contributed by atoms with van der Waals surface area (Å²) in [6.07, 6.45) is 3.36. The molecule has 1 nitrogen and oxygen atoms in total. The molecule has 1 heterocycles. The zero-order chi connectivity index (χ0) is 18.5. The van der Waals surface area contributed by atoms with E-state index in [0.717, 1.165) is 23.3 Å². The Balaban J connectivity index is 2.33. The van der Waals surface area contributed by atoms with Gasteiger partial charge in [-0.25, -0.2) is 0 Å². The first-order valence-electron chi connectivity index (χ1n) is 9.04. The molecule has 2 heteroatoms. The Morgan fingerprint density at radius 3 is 2.60 bits per heavy atom. The molecular weight excluding hydrogens is 301 g/mol. The summed E-state index contributed by atoms with van der Waals surface area (Å²) < 4.78 is 0. The van der Waals surface area contributed by atoms with Gasteiger partial charge in [0.2, 0.25) is 0 Å². The fourth-order valence-corrected chi connectivity index (χ4v) is 4.02. The van der Waals surface area contributed by atoms with Crippen LogP contribution in [0.25, 0.3) is 5.70 Å². The third-order valence-electron chi connectivity index (χ3n) is 6.05. The van der Waals surface area contributed by atoms with Crippen LogP contribution in [0.2, 0.25) is 0 Å². The fraction of sp³-hybridized carbons (Fsp3) is 0.348. The quantitative estimate of drug-likeness (QED) is 0.800. The van der Waals surface area contributed by atoms with Crippen LogP contribution in [0, 0.1) is 18.3 Å². The number of nitrogens with one attached hydrogen (secondary N) is 1. The van der Waals surface area contributed by atoms with E-state index < -0.39 is 0 Å². The first-order valence-corrected chi connectivity index (χ1v) is 9.04. The van der Waals surface area contributed by atoms with Crippen molar-refractivity contribution in [3.8, 4) is 0 Å². The van der Waals surface area contributed by atoms with E-state index in [1.807, 2.05) is 12.9 Å². The SMILES string of the molecule is B=Cc1cc2c(cc1C)CC(C)(C(C)C)C1=C2NC(=C)C(C(=C)C)=C1. The molecule has 0 saturated carbocycles. The summed E-state index contributed by atoms with van der Waals surface area (Å²) in [6, 6.07) is 4.60. The van der Waals surface area contributed by atoms with Gasteiger partial charge in [0.25, 0.3) is 0 Å². The van der Waals surface area contributed by atoms with Crippen LogP contribution in [0.4, 0.5) is 0 Å². The number of fused-ring (bicyclic) bond motifs is 2. The zero-order valence-corrected chi connectivity index (χ0v) is 16.2. The van der Waals surface area contributed by atoms with Gasteiger partial charge in [-0.05, 0) is 0 Å². The molecule has 128 valence electrons. The van der Waals surface area contributed by atoms with Gasteiger partial charge in [0, 0.05) is 0 Å². The molecule has 1 aromatic rings. The van der Waals surface area contributed by atoms with Gasteiger partial charge in [-0.2, -0.15) is 0 Å². The van der Waals surface area contributed by atoms with E-state index in [4.69, 9.17) is 0 Å². The van der Waals surface area contributed by atoms with Gasteiger partial charge in [-0.15, -0.1) is 0 Å². The van der Waals surface area contributed by atoms with Crippen molar-refractivity contribution in [1.82, 2.24) is 5.32 Å². The number of allylic oxidation sites excluding steroid dienone is 3. The van der Waals surface area contributed by atoms with Crippen molar-refractivity contribution < 1.29 is 0 Å². The summed E-state index contributed by atoms with van der Waals surface area (Å²) >= 11 is 0. The predicted molar refractivity (Wildman–Crippen MR) is 112 cm³/mol. The van der Waals surface area contributed by atoms with Gasteiger partial charge in [0.1, 0.15) is 0 Å². The van der Waals surface area contributed by atoms with Gasteiger partial charge in [0.15, 0.2) is 0 Å². The first-order chi connectivity index (χ1) is 11.7. The van der Waals surface area contributed by atoms with Crippen molar-refractivity contribution in [2.24, 2.45) is 11.3 Å². The molecular formula is C23H28BN. The van der Waals surface area contributed by atoms with E-state index in [-0.39, 0.29) is 5.41 Å². The van der Waals surface area contributed by atoms with E-state index in [9.17, 15) is 0 Å². The molecule has 0 radical (unpaired) electrons. The second kappa shape index (κ2) is 6.02. The molecule has 0 fully saturated rings. The molecule has 0 saturated heterocycles. The molecule has 1 N–H and O–H groups in total. The van der Waals surface area contributed by atoms with Crippen LogP contribution in [-0.2, 0) is 6.42 Å². The molecule has 1 atom stereocenters.